The normalized spacial score (nSPS) is 10.5. The van der Waals surface area contributed by atoms with Crippen LogP contribution in [0.3, 0.4) is 0 Å². The minimum atomic E-state index is -0.579. The topological polar surface area (TPSA) is 86.3 Å². The van der Waals surface area contributed by atoms with Crippen LogP contribution in [-0.2, 0) is 0 Å². The van der Waals surface area contributed by atoms with E-state index in [1.807, 2.05) is 0 Å². The van der Waals surface area contributed by atoms with Crippen LogP contribution in [0.5, 0.6) is 0 Å². The predicted molar refractivity (Wildman–Crippen MR) is 96.0 cm³/mol. The molecule has 6 nitrogen and oxygen atoms in total. The first-order valence-corrected chi connectivity index (χ1v) is 8.66. The molecule has 0 saturated carbocycles. The molecule has 10 heteroatoms. The maximum Gasteiger partial charge on any atom is 0.291 e. The Balaban J connectivity index is 2.94. The summed E-state index contributed by atoms with van der Waals surface area (Å²) in [6, 6.07) is 5.98. The average Bonchev–Trinajstić information content (AvgIpc) is 2.35. The highest BCUT2D eigenvalue weighted by molar-refractivity contribution is 9.11. The molecule has 0 fully saturated rings. The summed E-state index contributed by atoms with van der Waals surface area (Å²) in [5, 5.41) is 22.7. The monoisotopic (exact) mass is 556 g/mol. The van der Waals surface area contributed by atoms with Gasteiger partial charge in [-0.05, 0) is 56.1 Å². The summed E-state index contributed by atoms with van der Waals surface area (Å²) in [5.74, 6) is 0. The summed E-state index contributed by atoms with van der Waals surface area (Å²) in [6.07, 6.45) is 0. The van der Waals surface area contributed by atoms with Gasteiger partial charge in [0.2, 0.25) is 0 Å². The van der Waals surface area contributed by atoms with E-state index >= 15 is 0 Å². The van der Waals surface area contributed by atoms with E-state index in [0.29, 0.717) is 8.95 Å². The first kappa shape index (κ1) is 17.5. The Kier molecular flexibility index (Phi) is 5.36. The summed E-state index contributed by atoms with van der Waals surface area (Å²) < 4.78 is 1.58. The number of rotatable bonds is 3. The van der Waals surface area contributed by atoms with Crippen molar-refractivity contribution in [2.75, 3.05) is 0 Å². The molecule has 0 aliphatic heterocycles. The molecule has 114 valence electrons. The van der Waals surface area contributed by atoms with Gasteiger partial charge in [0, 0.05) is 8.95 Å². The average molecular weight is 560 g/mol. The van der Waals surface area contributed by atoms with Crippen molar-refractivity contribution in [2.24, 2.45) is 0 Å². The van der Waals surface area contributed by atoms with Gasteiger partial charge >= 0.3 is 0 Å². The SMILES string of the molecule is O=[N+]([O-])c1c(Br)cc(Br)cc1-c1cc(Br)cc(Br)c1[N+](=O)[O-]. The summed E-state index contributed by atoms with van der Waals surface area (Å²) in [6.45, 7) is 0. The molecular weight excluding hydrogens is 556 g/mol. The van der Waals surface area contributed by atoms with Crippen LogP contribution in [0.25, 0.3) is 11.1 Å². The molecule has 0 heterocycles. The van der Waals surface area contributed by atoms with Gasteiger partial charge in [-0.2, -0.15) is 0 Å². The zero-order valence-electron chi connectivity index (χ0n) is 10.3. The second kappa shape index (κ2) is 6.73. The van der Waals surface area contributed by atoms with Crippen LogP contribution in [0.4, 0.5) is 11.4 Å². The van der Waals surface area contributed by atoms with Crippen LogP contribution in [0, 0.1) is 20.2 Å². The number of nitro benzene ring substituents is 2. The van der Waals surface area contributed by atoms with E-state index in [1.165, 1.54) is 24.3 Å². The largest absolute Gasteiger partial charge is 0.291 e. The zero-order chi connectivity index (χ0) is 16.6. The van der Waals surface area contributed by atoms with Gasteiger partial charge in [-0.1, -0.05) is 31.9 Å². The minimum absolute atomic E-state index is 0.139. The third-order valence-corrected chi connectivity index (χ3v) is 4.84. The van der Waals surface area contributed by atoms with Gasteiger partial charge in [-0.15, -0.1) is 0 Å². The van der Waals surface area contributed by atoms with Crippen LogP contribution >= 0.6 is 63.7 Å². The fourth-order valence-corrected chi connectivity index (χ4v) is 4.65. The van der Waals surface area contributed by atoms with Crippen molar-refractivity contribution >= 4 is 75.1 Å². The Morgan fingerprint density at radius 1 is 0.682 bits per heavy atom. The van der Waals surface area contributed by atoms with Crippen LogP contribution in [0.15, 0.2) is 42.2 Å². The van der Waals surface area contributed by atoms with E-state index in [0.717, 1.165) is 0 Å². The van der Waals surface area contributed by atoms with Gasteiger partial charge in [0.05, 0.1) is 29.9 Å². The van der Waals surface area contributed by atoms with E-state index < -0.39 is 9.85 Å². The van der Waals surface area contributed by atoms with E-state index in [9.17, 15) is 20.2 Å². The highest BCUT2D eigenvalue weighted by Gasteiger charge is 2.28. The smallest absolute Gasteiger partial charge is 0.258 e. The first-order valence-electron chi connectivity index (χ1n) is 5.49. The Labute approximate surface area is 157 Å². The van der Waals surface area contributed by atoms with Crippen LogP contribution < -0.4 is 0 Å². The van der Waals surface area contributed by atoms with E-state index in [1.54, 1.807) is 0 Å². The molecule has 0 N–H and O–H groups in total. The Bertz CT molecular complexity index is 743. The standard InChI is InChI=1S/C12H4Br4N2O4/c13-5-1-7(11(17(19)20)9(15)3-5)8-2-6(14)4-10(16)12(8)18(21)22/h1-4H. The van der Waals surface area contributed by atoms with Gasteiger partial charge in [-0.3, -0.25) is 20.2 Å². The Hall–Kier alpha value is -0.840. The molecule has 0 bridgehead atoms. The molecular formula is C12H4Br4N2O4. The van der Waals surface area contributed by atoms with Gasteiger partial charge in [0.1, 0.15) is 0 Å². The fourth-order valence-electron chi connectivity index (χ4n) is 1.91. The molecule has 22 heavy (non-hydrogen) atoms. The zero-order valence-corrected chi connectivity index (χ0v) is 16.7. The van der Waals surface area contributed by atoms with E-state index in [-0.39, 0.29) is 31.4 Å². The van der Waals surface area contributed by atoms with E-state index in [4.69, 9.17) is 0 Å². The quantitative estimate of drug-likeness (QED) is 0.330. The molecule has 0 spiro atoms. The van der Waals surface area contributed by atoms with Gasteiger partial charge in [0.15, 0.2) is 0 Å². The number of nitro groups is 2. The fraction of sp³-hybridized carbons (Fsp3) is 0. The Morgan fingerprint density at radius 3 is 1.27 bits per heavy atom. The molecule has 2 rings (SSSR count). The Morgan fingerprint density at radius 2 is 1.00 bits per heavy atom. The van der Waals surface area contributed by atoms with Crippen molar-refractivity contribution in [2.45, 2.75) is 0 Å². The third kappa shape index (κ3) is 3.39. The lowest BCUT2D eigenvalue weighted by Crippen LogP contribution is -1.98. The molecule has 0 unspecified atom stereocenters. The van der Waals surface area contributed by atoms with Crippen molar-refractivity contribution in [1.29, 1.82) is 0 Å². The van der Waals surface area contributed by atoms with Gasteiger partial charge < -0.3 is 0 Å². The van der Waals surface area contributed by atoms with E-state index in [2.05, 4.69) is 63.7 Å². The van der Waals surface area contributed by atoms with Crippen LogP contribution in [-0.4, -0.2) is 9.85 Å². The number of hydrogen-bond donors (Lipinski definition) is 0. The highest BCUT2D eigenvalue weighted by Crippen LogP contribution is 2.45. The highest BCUT2D eigenvalue weighted by atomic mass is 79.9. The molecule has 0 radical (unpaired) electrons. The van der Waals surface area contributed by atoms with Crippen LogP contribution in [0.1, 0.15) is 0 Å². The number of nitrogens with zero attached hydrogens (tertiary/aromatic N) is 2. The lowest BCUT2D eigenvalue weighted by molar-refractivity contribution is -0.387. The number of hydrogen-bond acceptors (Lipinski definition) is 4. The summed E-state index contributed by atoms with van der Waals surface area (Å²) in [4.78, 5) is 21.5. The lowest BCUT2D eigenvalue weighted by Gasteiger charge is -2.09. The molecule has 0 saturated heterocycles. The second-order valence-electron chi connectivity index (χ2n) is 4.08. The van der Waals surface area contributed by atoms with Crippen molar-refractivity contribution in [3.8, 4) is 11.1 Å². The van der Waals surface area contributed by atoms with Gasteiger partial charge in [0.25, 0.3) is 11.4 Å². The maximum atomic E-state index is 11.3. The molecule has 0 aliphatic rings. The van der Waals surface area contributed by atoms with Crippen molar-refractivity contribution in [1.82, 2.24) is 0 Å². The third-order valence-electron chi connectivity index (χ3n) is 2.71. The summed E-state index contributed by atoms with van der Waals surface area (Å²) in [5.41, 5.74) is -0.201. The number of halogens is 4. The molecule has 2 aromatic carbocycles. The van der Waals surface area contributed by atoms with Crippen molar-refractivity contribution in [3.05, 3.63) is 62.4 Å². The van der Waals surface area contributed by atoms with Crippen molar-refractivity contribution in [3.63, 3.8) is 0 Å². The van der Waals surface area contributed by atoms with Crippen molar-refractivity contribution < 1.29 is 9.85 Å². The minimum Gasteiger partial charge on any atom is -0.258 e. The molecule has 0 atom stereocenters. The van der Waals surface area contributed by atoms with Gasteiger partial charge in [-0.25, -0.2) is 0 Å². The maximum absolute atomic E-state index is 11.3. The molecule has 0 aliphatic carbocycles. The lowest BCUT2D eigenvalue weighted by atomic mass is 10.0. The summed E-state index contributed by atoms with van der Waals surface area (Å²) >= 11 is 12.8. The molecule has 0 aromatic heterocycles. The second-order valence-corrected chi connectivity index (χ2v) is 7.62. The molecule has 0 amide bonds. The first-order chi connectivity index (χ1) is 10.2. The summed E-state index contributed by atoms with van der Waals surface area (Å²) in [7, 11) is 0. The van der Waals surface area contributed by atoms with Crippen LogP contribution in [0.2, 0.25) is 0 Å². The predicted octanol–water partition coefficient (Wildman–Crippen LogP) is 6.22. The molecule has 2 aromatic rings. The number of benzene rings is 2.